The first-order valence-electron chi connectivity index (χ1n) is 4.79. The minimum absolute atomic E-state index is 0.00130. The van der Waals surface area contributed by atoms with E-state index in [0.717, 1.165) is 5.65 Å². The Balaban J connectivity index is 2.54. The fourth-order valence-corrected chi connectivity index (χ4v) is 1.48. The fourth-order valence-electron chi connectivity index (χ4n) is 1.48. The Bertz CT molecular complexity index is 445. The zero-order chi connectivity index (χ0) is 10.1. The van der Waals surface area contributed by atoms with Crippen LogP contribution in [0.3, 0.4) is 0 Å². The molecule has 1 N–H and O–H groups in total. The summed E-state index contributed by atoms with van der Waals surface area (Å²) >= 11 is 0. The van der Waals surface area contributed by atoms with Crippen molar-refractivity contribution in [2.24, 2.45) is 0 Å². The van der Waals surface area contributed by atoms with Gasteiger partial charge in [0.15, 0.2) is 0 Å². The van der Waals surface area contributed by atoms with Gasteiger partial charge >= 0.3 is 0 Å². The van der Waals surface area contributed by atoms with Crippen LogP contribution in [0.25, 0.3) is 5.65 Å². The maximum absolute atomic E-state index is 8.94. The Labute approximate surface area is 83.0 Å². The largest absolute Gasteiger partial charge is 0.390 e. The number of hydrogen-bond acceptors (Lipinski definition) is 2. The van der Waals surface area contributed by atoms with Gasteiger partial charge in [0.1, 0.15) is 5.65 Å². The van der Waals surface area contributed by atoms with Crippen molar-refractivity contribution in [2.45, 2.75) is 26.4 Å². The zero-order valence-electron chi connectivity index (χ0n) is 8.44. The molecule has 0 atom stereocenters. The molecule has 0 saturated heterocycles. The summed E-state index contributed by atoms with van der Waals surface area (Å²) in [5, 5.41) is 8.94. The predicted octanol–water partition coefficient (Wildman–Crippen LogP) is 1.95. The molecule has 0 spiro atoms. The molecule has 14 heavy (non-hydrogen) atoms. The van der Waals surface area contributed by atoms with Crippen LogP contribution in [0.4, 0.5) is 0 Å². The Morgan fingerprint density at radius 2 is 2.14 bits per heavy atom. The van der Waals surface area contributed by atoms with Gasteiger partial charge < -0.3 is 9.51 Å². The first-order chi connectivity index (χ1) is 6.70. The number of rotatable bonds is 2. The predicted molar refractivity (Wildman–Crippen MR) is 55.2 cm³/mol. The molecule has 2 heterocycles. The summed E-state index contributed by atoms with van der Waals surface area (Å²) in [4.78, 5) is 4.24. The van der Waals surface area contributed by atoms with Crippen molar-refractivity contribution in [1.82, 2.24) is 9.38 Å². The summed E-state index contributed by atoms with van der Waals surface area (Å²) in [6.07, 6.45) is 3.92. The van der Waals surface area contributed by atoms with E-state index in [9.17, 15) is 0 Å². The van der Waals surface area contributed by atoms with E-state index in [4.69, 9.17) is 5.11 Å². The van der Waals surface area contributed by atoms with Crippen LogP contribution in [-0.2, 0) is 6.61 Å². The fraction of sp³-hybridized carbons (Fsp3) is 0.364. The average Bonchev–Trinajstić information content (AvgIpc) is 2.58. The normalized spacial score (nSPS) is 11.4. The summed E-state index contributed by atoms with van der Waals surface area (Å²) in [6, 6.07) is 4.06. The van der Waals surface area contributed by atoms with Crippen LogP contribution in [0.2, 0.25) is 0 Å². The van der Waals surface area contributed by atoms with Gasteiger partial charge in [0.25, 0.3) is 0 Å². The molecule has 0 aromatic carbocycles. The van der Waals surface area contributed by atoms with Crippen LogP contribution in [-0.4, -0.2) is 14.5 Å². The number of aromatic nitrogens is 2. The van der Waals surface area contributed by atoms with E-state index in [1.807, 2.05) is 16.7 Å². The first kappa shape index (κ1) is 9.21. The molecule has 2 aromatic rings. The van der Waals surface area contributed by atoms with Crippen molar-refractivity contribution in [3.8, 4) is 0 Å². The van der Waals surface area contributed by atoms with Gasteiger partial charge in [-0.25, -0.2) is 4.98 Å². The van der Waals surface area contributed by atoms with Gasteiger partial charge in [0.05, 0.1) is 12.3 Å². The Morgan fingerprint density at radius 1 is 1.36 bits per heavy atom. The summed E-state index contributed by atoms with van der Waals surface area (Å²) in [5.74, 6) is 0.513. The lowest BCUT2D eigenvalue weighted by Crippen LogP contribution is -1.91. The molecule has 2 aromatic heterocycles. The van der Waals surface area contributed by atoms with Crippen LogP contribution in [0.15, 0.2) is 24.5 Å². The summed E-state index contributed by atoms with van der Waals surface area (Å²) in [5.41, 5.74) is 2.88. The van der Waals surface area contributed by atoms with Gasteiger partial charge in [-0.2, -0.15) is 0 Å². The number of aliphatic hydroxyl groups is 1. The number of aliphatic hydroxyl groups excluding tert-OH is 1. The minimum atomic E-state index is -0.00130. The molecule has 0 fully saturated rings. The molecule has 0 saturated carbocycles. The molecule has 3 heteroatoms. The van der Waals surface area contributed by atoms with E-state index in [1.54, 1.807) is 0 Å². The summed E-state index contributed by atoms with van der Waals surface area (Å²) in [7, 11) is 0. The van der Waals surface area contributed by atoms with E-state index < -0.39 is 0 Å². The van der Waals surface area contributed by atoms with E-state index in [2.05, 4.69) is 31.1 Å². The van der Waals surface area contributed by atoms with Crippen molar-refractivity contribution in [3.05, 3.63) is 35.8 Å². The maximum Gasteiger partial charge on any atom is 0.137 e. The van der Waals surface area contributed by atoms with Gasteiger partial charge in [-0.15, -0.1) is 0 Å². The number of imidazole rings is 1. The van der Waals surface area contributed by atoms with E-state index in [1.165, 1.54) is 5.56 Å². The standard InChI is InChI=1S/C11H14N2O/c1-8(2)9-3-4-11-12-10(7-14)6-13(11)5-9/h3-6,8,14H,7H2,1-2H3. The molecule has 2 rings (SSSR count). The quantitative estimate of drug-likeness (QED) is 0.786. The first-order valence-corrected chi connectivity index (χ1v) is 4.79. The molecule has 0 unspecified atom stereocenters. The number of fused-ring (bicyclic) bond motifs is 1. The molecular formula is C11H14N2O. The maximum atomic E-state index is 8.94. The Morgan fingerprint density at radius 3 is 2.79 bits per heavy atom. The molecule has 0 bridgehead atoms. The van der Waals surface area contributed by atoms with Crippen LogP contribution >= 0.6 is 0 Å². The van der Waals surface area contributed by atoms with Crippen LogP contribution in [0.5, 0.6) is 0 Å². The Kier molecular flexibility index (Phi) is 2.25. The highest BCUT2D eigenvalue weighted by Crippen LogP contribution is 2.15. The van der Waals surface area contributed by atoms with Crippen molar-refractivity contribution in [3.63, 3.8) is 0 Å². The highest BCUT2D eigenvalue weighted by Gasteiger charge is 2.03. The van der Waals surface area contributed by atoms with Gasteiger partial charge in [-0.05, 0) is 17.5 Å². The zero-order valence-corrected chi connectivity index (χ0v) is 8.44. The van der Waals surface area contributed by atoms with Crippen molar-refractivity contribution < 1.29 is 5.11 Å². The second kappa shape index (κ2) is 3.42. The second-order valence-corrected chi connectivity index (χ2v) is 3.77. The monoisotopic (exact) mass is 190 g/mol. The van der Waals surface area contributed by atoms with Gasteiger partial charge in [0.2, 0.25) is 0 Å². The number of nitrogens with zero attached hydrogens (tertiary/aromatic N) is 2. The third kappa shape index (κ3) is 1.51. The minimum Gasteiger partial charge on any atom is -0.390 e. The molecule has 3 nitrogen and oxygen atoms in total. The van der Waals surface area contributed by atoms with Crippen molar-refractivity contribution >= 4 is 5.65 Å². The topological polar surface area (TPSA) is 37.5 Å². The van der Waals surface area contributed by atoms with E-state index in [-0.39, 0.29) is 6.61 Å². The summed E-state index contributed by atoms with van der Waals surface area (Å²) in [6.45, 7) is 4.31. The molecule has 0 aliphatic carbocycles. The van der Waals surface area contributed by atoms with Gasteiger partial charge in [0, 0.05) is 12.4 Å². The molecule has 0 radical (unpaired) electrons. The highest BCUT2D eigenvalue weighted by molar-refractivity contribution is 5.41. The van der Waals surface area contributed by atoms with Gasteiger partial charge in [-0.1, -0.05) is 19.9 Å². The number of pyridine rings is 1. The van der Waals surface area contributed by atoms with Crippen molar-refractivity contribution in [2.75, 3.05) is 0 Å². The molecule has 74 valence electrons. The lowest BCUT2D eigenvalue weighted by Gasteiger charge is -2.04. The number of hydrogen-bond donors (Lipinski definition) is 1. The SMILES string of the molecule is CC(C)c1ccc2nc(CO)cn2c1. The summed E-state index contributed by atoms with van der Waals surface area (Å²) < 4.78 is 1.96. The van der Waals surface area contributed by atoms with Crippen LogP contribution < -0.4 is 0 Å². The lowest BCUT2D eigenvalue weighted by atomic mass is 10.1. The highest BCUT2D eigenvalue weighted by atomic mass is 16.3. The lowest BCUT2D eigenvalue weighted by molar-refractivity contribution is 0.277. The van der Waals surface area contributed by atoms with E-state index in [0.29, 0.717) is 11.6 Å². The van der Waals surface area contributed by atoms with Gasteiger partial charge in [-0.3, -0.25) is 0 Å². The molecule has 0 amide bonds. The van der Waals surface area contributed by atoms with Crippen molar-refractivity contribution in [1.29, 1.82) is 0 Å². The third-order valence-corrected chi connectivity index (χ3v) is 2.35. The smallest absolute Gasteiger partial charge is 0.137 e. The second-order valence-electron chi connectivity index (χ2n) is 3.77. The Hall–Kier alpha value is -1.35. The molecule has 0 aliphatic heterocycles. The molecular weight excluding hydrogens is 176 g/mol. The average molecular weight is 190 g/mol. The van der Waals surface area contributed by atoms with E-state index >= 15 is 0 Å². The molecule has 0 aliphatic rings. The third-order valence-electron chi connectivity index (χ3n) is 2.35. The van der Waals surface area contributed by atoms with Crippen LogP contribution in [0, 0.1) is 0 Å². The van der Waals surface area contributed by atoms with Crippen LogP contribution in [0.1, 0.15) is 31.0 Å².